The minimum Gasteiger partial charge on any atom is -0.348 e. The largest absolute Gasteiger partial charge is 0.348 e. The van der Waals surface area contributed by atoms with E-state index in [-0.39, 0.29) is 5.79 Å². The molecular weight excluding hydrogens is 164 g/mol. The lowest BCUT2D eigenvalue weighted by Crippen LogP contribution is -2.30. The molecule has 0 aromatic carbocycles. The predicted octanol–water partition coefficient (Wildman–Crippen LogP) is 2.82. The molecular formula is C11H22O2. The van der Waals surface area contributed by atoms with Crippen molar-refractivity contribution in [1.29, 1.82) is 0 Å². The van der Waals surface area contributed by atoms with E-state index < -0.39 is 0 Å². The Morgan fingerprint density at radius 3 is 2.15 bits per heavy atom. The summed E-state index contributed by atoms with van der Waals surface area (Å²) in [4.78, 5) is 0. The third-order valence-corrected chi connectivity index (χ3v) is 3.00. The smallest absolute Gasteiger partial charge is 0.166 e. The molecule has 1 aliphatic rings. The summed E-state index contributed by atoms with van der Waals surface area (Å²) in [6.07, 6.45) is 2.24. The Hall–Kier alpha value is -0.0800. The average Bonchev–Trinajstić information content (AvgIpc) is 2.48. The molecule has 0 N–H and O–H groups in total. The van der Waals surface area contributed by atoms with Gasteiger partial charge in [0, 0.05) is 6.42 Å². The van der Waals surface area contributed by atoms with Gasteiger partial charge in [-0.15, -0.1) is 0 Å². The van der Waals surface area contributed by atoms with E-state index >= 15 is 0 Å². The minimum atomic E-state index is -0.301. The molecule has 0 bridgehead atoms. The lowest BCUT2D eigenvalue weighted by molar-refractivity contribution is -0.157. The fourth-order valence-corrected chi connectivity index (χ4v) is 2.00. The quantitative estimate of drug-likeness (QED) is 0.672. The fraction of sp³-hybridized carbons (Fsp3) is 1.00. The summed E-state index contributed by atoms with van der Waals surface area (Å²) in [6.45, 7) is 10.4. The van der Waals surface area contributed by atoms with Crippen molar-refractivity contribution < 1.29 is 9.47 Å². The zero-order chi connectivity index (χ0) is 9.90. The van der Waals surface area contributed by atoms with Gasteiger partial charge in [0.15, 0.2) is 5.79 Å². The van der Waals surface area contributed by atoms with Crippen molar-refractivity contribution in [3.63, 3.8) is 0 Å². The van der Waals surface area contributed by atoms with Crippen LogP contribution in [0.25, 0.3) is 0 Å². The second-order valence-electron chi connectivity index (χ2n) is 4.45. The van der Waals surface area contributed by atoms with Crippen LogP contribution in [0.5, 0.6) is 0 Å². The van der Waals surface area contributed by atoms with Crippen molar-refractivity contribution in [3.05, 3.63) is 0 Å². The summed E-state index contributed by atoms with van der Waals surface area (Å²) in [5, 5.41) is 0. The Labute approximate surface area is 81.6 Å². The molecule has 1 rings (SSSR count). The molecule has 78 valence electrons. The maximum atomic E-state index is 5.60. The van der Waals surface area contributed by atoms with Crippen molar-refractivity contribution in [2.75, 3.05) is 13.2 Å². The van der Waals surface area contributed by atoms with Crippen molar-refractivity contribution in [2.24, 2.45) is 11.8 Å². The van der Waals surface area contributed by atoms with Gasteiger partial charge in [0.05, 0.1) is 13.2 Å². The minimum absolute atomic E-state index is 0.301. The summed E-state index contributed by atoms with van der Waals surface area (Å²) in [5.74, 6) is 1.13. The summed E-state index contributed by atoms with van der Waals surface area (Å²) >= 11 is 0. The van der Waals surface area contributed by atoms with Crippen molar-refractivity contribution in [3.8, 4) is 0 Å². The third kappa shape index (κ3) is 2.96. The van der Waals surface area contributed by atoms with Gasteiger partial charge >= 0.3 is 0 Å². The van der Waals surface area contributed by atoms with Crippen LogP contribution in [0.2, 0.25) is 0 Å². The molecule has 2 nitrogen and oxygen atoms in total. The van der Waals surface area contributed by atoms with Gasteiger partial charge in [0.25, 0.3) is 0 Å². The Balaban J connectivity index is 2.44. The highest BCUT2D eigenvalue weighted by molar-refractivity contribution is 4.74. The topological polar surface area (TPSA) is 18.5 Å². The van der Waals surface area contributed by atoms with E-state index in [2.05, 4.69) is 27.7 Å². The lowest BCUT2D eigenvalue weighted by Gasteiger charge is -2.29. The Morgan fingerprint density at radius 1 is 1.23 bits per heavy atom. The predicted molar refractivity (Wildman–Crippen MR) is 53.5 cm³/mol. The van der Waals surface area contributed by atoms with E-state index in [0.717, 1.165) is 25.6 Å². The van der Waals surface area contributed by atoms with E-state index in [1.165, 1.54) is 6.42 Å². The number of rotatable bonds is 4. The van der Waals surface area contributed by atoms with Gasteiger partial charge in [-0.25, -0.2) is 0 Å². The van der Waals surface area contributed by atoms with Crippen molar-refractivity contribution in [1.82, 2.24) is 0 Å². The maximum Gasteiger partial charge on any atom is 0.166 e. The first kappa shape index (κ1) is 11.0. The zero-order valence-corrected chi connectivity index (χ0v) is 9.30. The van der Waals surface area contributed by atoms with Crippen LogP contribution in [-0.2, 0) is 9.47 Å². The molecule has 13 heavy (non-hydrogen) atoms. The van der Waals surface area contributed by atoms with Gasteiger partial charge < -0.3 is 9.47 Å². The van der Waals surface area contributed by atoms with E-state index in [1.54, 1.807) is 0 Å². The van der Waals surface area contributed by atoms with E-state index in [0.29, 0.717) is 5.92 Å². The summed E-state index contributed by atoms with van der Waals surface area (Å²) in [7, 11) is 0. The van der Waals surface area contributed by atoms with E-state index in [9.17, 15) is 0 Å². The molecule has 1 heterocycles. The fourth-order valence-electron chi connectivity index (χ4n) is 2.00. The second-order valence-corrected chi connectivity index (χ2v) is 4.45. The maximum absolute atomic E-state index is 5.60. The van der Waals surface area contributed by atoms with Gasteiger partial charge in [-0.2, -0.15) is 0 Å². The summed E-state index contributed by atoms with van der Waals surface area (Å²) < 4.78 is 11.2. The van der Waals surface area contributed by atoms with Crippen molar-refractivity contribution >= 4 is 0 Å². The molecule has 1 atom stereocenters. The zero-order valence-electron chi connectivity index (χ0n) is 9.30. The van der Waals surface area contributed by atoms with Gasteiger partial charge in [-0.3, -0.25) is 0 Å². The molecule has 1 aliphatic heterocycles. The average molecular weight is 186 g/mol. The molecule has 1 saturated heterocycles. The highest BCUT2D eigenvalue weighted by Crippen LogP contribution is 2.31. The SMILES string of the molecule is CCC(CC1(C)OCCO1)C(C)C. The normalized spacial score (nSPS) is 23.8. The summed E-state index contributed by atoms with van der Waals surface area (Å²) in [5.41, 5.74) is 0. The molecule has 0 aliphatic carbocycles. The molecule has 1 unspecified atom stereocenters. The van der Waals surface area contributed by atoms with Crippen LogP contribution in [0.15, 0.2) is 0 Å². The van der Waals surface area contributed by atoms with Gasteiger partial charge in [0.1, 0.15) is 0 Å². The van der Waals surface area contributed by atoms with Gasteiger partial charge in [-0.1, -0.05) is 27.2 Å². The van der Waals surface area contributed by atoms with Gasteiger partial charge in [-0.05, 0) is 18.8 Å². The lowest BCUT2D eigenvalue weighted by atomic mass is 9.87. The molecule has 2 heteroatoms. The molecule has 1 fully saturated rings. The van der Waals surface area contributed by atoms with Gasteiger partial charge in [0.2, 0.25) is 0 Å². The van der Waals surface area contributed by atoms with Crippen LogP contribution >= 0.6 is 0 Å². The molecule has 0 saturated carbocycles. The van der Waals surface area contributed by atoms with E-state index in [4.69, 9.17) is 9.47 Å². The highest BCUT2D eigenvalue weighted by atomic mass is 16.7. The van der Waals surface area contributed by atoms with Crippen LogP contribution in [0.4, 0.5) is 0 Å². The number of ether oxygens (including phenoxy) is 2. The Bertz CT molecular complexity index is 148. The third-order valence-electron chi connectivity index (χ3n) is 3.00. The van der Waals surface area contributed by atoms with Crippen LogP contribution in [0.3, 0.4) is 0 Å². The van der Waals surface area contributed by atoms with Crippen LogP contribution in [0, 0.1) is 11.8 Å². The molecule has 0 radical (unpaired) electrons. The van der Waals surface area contributed by atoms with Crippen molar-refractivity contribution in [2.45, 2.75) is 46.3 Å². The number of hydrogen-bond donors (Lipinski definition) is 0. The van der Waals surface area contributed by atoms with Crippen LogP contribution in [0.1, 0.15) is 40.5 Å². The monoisotopic (exact) mass is 186 g/mol. The summed E-state index contributed by atoms with van der Waals surface area (Å²) in [6, 6.07) is 0. The number of hydrogen-bond acceptors (Lipinski definition) is 2. The standard InChI is InChI=1S/C11H22O2/c1-5-10(9(2)3)8-11(4)12-6-7-13-11/h9-10H,5-8H2,1-4H3. The molecule has 0 aromatic rings. The van der Waals surface area contributed by atoms with Crippen LogP contribution in [-0.4, -0.2) is 19.0 Å². The molecule has 0 aromatic heterocycles. The first-order valence-electron chi connectivity index (χ1n) is 5.35. The molecule has 0 spiro atoms. The Morgan fingerprint density at radius 2 is 1.77 bits per heavy atom. The molecule has 0 amide bonds. The first-order valence-corrected chi connectivity index (χ1v) is 5.35. The first-order chi connectivity index (χ1) is 6.07. The highest BCUT2D eigenvalue weighted by Gasteiger charge is 2.33. The van der Waals surface area contributed by atoms with Crippen LogP contribution < -0.4 is 0 Å². The van der Waals surface area contributed by atoms with E-state index in [1.807, 2.05) is 0 Å². The Kier molecular flexibility index (Phi) is 3.74. The second kappa shape index (κ2) is 4.43.